The lowest BCUT2D eigenvalue weighted by Gasteiger charge is -2.30. The second kappa shape index (κ2) is 9.53. The van der Waals surface area contributed by atoms with E-state index in [4.69, 9.17) is 22.3 Å². The van der Waals surface area contributed by atoms with Gasteiger partial charge in [-0.15, -0.1) is 0 Å². The summed E-state index contributed by atoms with van der Waals surface area (Å²) in [6, 6.07) is 4.87. The third-order valence-corrected chi connectivity index (χ3v) is 7.00. The first-order valence-electron chi connectivity index (χ1n) is 11.5. The number of carboxylic acids is 1. The van der Waals surface area contributed by atoms with Crippen LogP contribution in [0.3, 0.4) is 0 Å². The molecule has 7 nitrogen and oxygen atoms in total. The number of hydrogen-bond acceptors (Lipinski definition) is 5. The summed E-state index contributed by atoms with van der Waals surface area (Å²) in [5, 5.41) is 13.6. The Hall–Kier alpha value is -2.54. The minimum absolute atomic E-state index is 0.0530. The van der Waals surface area contributed by atoms with Gasteiger partial charge in [-0.3, -0.25) is 9.79 Å². The van der Waals surface area contributed by atoms with E-state index in [0.29, 0.717) is 24.0 Å². The molecule has 2 aliphatic rings. The highest BCUT2D eigenvalue weighted by molar-refractivity contribution is 6.39. The number of halogens is 1. The number of aliphatic imine (C=N–C) groups is 1. The smallest absolute Gasteiger partial charge is 0.306 e. The maximum Gasteiger partial charge on any atom is 0.306 e. The van der Waals surface area contributed by atoms with Crippen molar-refractivity contribution in [2.75, 3.05) is 11.9 Å². The molecule has 4 N–H and O–H groups in total. The maximum atomic E-state index is 11.7. The number of nitrogens with two attached hydrogens (primary N) is 1. The number of aryl methyl sites for hydroxylation is 1. The van der Waals surface area contributed by atoms with Crippen LogP contribution >= 0.6 is 11.6 Å². The number of benzene rings is 1. The first-order valence-corrected chi connectivity index (χ1v) is 11.9. The Balaban J connectivity index is 1.77. The Morgan fingerprint density at radius 3 is 3.00 bits per heavy atom. The summed E-state index contributed by atoms with van der Waals surface area (Å²) < 4.78 is 2.31. The number of nitrogens with one attached hydrogen (secondary N) is 1. The van der Waals surface area contributed by atoms with E-state index < -0.39 is 5.97 Å². The van der Waals surface area contributed by atoms with E-state index in [-0.39, 0.29) is 17.9 Å². The Bertz CT molecular complexity index is 1060. The SMILES string of the molecule is CC1CCc2c(ccc3c2nc(C(C)CN=CC(Cl)=CN)n3C2CCCC(C(=O)O)C2)N1. The Kier molecular flexibility index (Phi) is 6.74. The molecule has 4 unspecified atom stereocenters. The lowest BCUT2D eigenvalue weighted by Crippen LogP contribution is -2.26. The molecule has 0 spiro atoms. The summed E-state index contributed by atoms with van der Waals surface area (Å²) in [4.78, 5) is 21.3. The van der Waals surface area contributed by atoms with Crippen LogP contribution in [0, 0.1) is 5.92 Å². The number of aliphatic carboxylic acids is 1. The molecule has 4 rings (SSSR count). The van der Waals surface area contributed by atoms with Crippen LogP contribution in [0.5, 0.6) is 0 Å². The summed E-state index contributed by atoms with van der Waals surface area (Å²) in [7, 11) is 0. The van der Waals surface area contributed by atoms with Crippen molar-refractivity contribution in [1.29, 1.82) is 0 Å². The summed E-state index contributed by atoms with van der Waals surface area (Å²) in [6.07, 6.45) is 8.21. The summed E-state index contributed by atoms with van der Waals surface area (Å²) in [5.74, 6) is 0.0170. The van der Waals surface area contributed by atoms with Crippen molar-refractivity contribution < 1.29 is 9.90 Å². The van der Waals surface area contributed by atoms with Gasteiger partial charge in [0.1, 0.15) is 5.82 Å². The zero-order valence-corrected chi connectivity index (χ0v) is 19.5. The van der Waals surface area contributed by atoms with Crippen molar-refractivity contribution in [1.82, 2.24) is 9.55 Å². The quantitative estimate of drug-likeness (QED) is 0.539. The van der Waals surface area contributed by atoms with Crippen molar-refractivity contribution >= 4 is 40.5 Å². The van der Waals surface area contributed by atoms with Crippen LogP contribution in [0.25, 0.3) is 11.0 Å². The van der Waals surface area contributed by atoms with Crippen LogP contribution in [0.15, 0.2) is 28.4 Å². The standard InChI is InChI=1S/C24H32ClN5O2/c1-14(12-27-13-17(25)11-26)23-29-22-19-7-6-15(2)28-20(19)8-9-21(22)30(23)18-5-3-4-16(10-18)24(31)32/h8-9,11,13-16,18,28H,3-7,10,12,26H2,1-2H3,(H,31,32). The van der Waals surface area contributed by atoms with Crippen LogP contribution in [0.1, 0.15) is 69.3 Å². The van der Waals surface area contributed by atoms with Crippen LogP contribution in [-0.4, -0.2) is 39.4 Å². The molecule has 1 aromatic carbocycles. The summed E-state index contributed by atoms with van der Waals surface area (Å²) in [6.45, 7) is 4.84. The van der Waals surface area contributed by atoms with Crippen molar-refractivity contribution in [3.05, 3.63) is 34.8 Å². The predicted molar refractivity (Wildman–Crippen MR) is 130 cm³/mol. The van der Waals surface area contributed by atoms with E-state index in [0.717, 1.165) is 54.6 Å². The van der Waals surface area contributed by atoms with Gasteiger partial charge in [0, 0.05) is 48.2 Å². The average molecular weight is 458 g/mol. The van der Waals surface area contributed by atoms with Gasteiger partial charge in [0.05, 0.1) is 22.0 Å². The molecule has 0 amide bonds. The fourth-order valence-electron chi connectivity index (χ4n) is 5.10. The largest absolute Gasteiger partial charge is 0.481 e. The first-order chi connectivity index (χ1) is 15.4. The molecule has 0 radical (unpaired) electrons. The van der Waals surface area contributed by atoms with E-state index >= 15 is 0 Å². The maximum absolute atomic E-state index is 11.7. The highest BCUT2D eigenvalue weighted by Crippen LogP contribution is 2.40. The summed E-state index contributed by atoms with van der Waals surface area (Å²) >= 11 is 5.95. The minimum atomic E-state index is -0.697. The van der Waals surface area contributed by atoms with E-state index in [1.165, 1.54) is 11.8 Å². The number of anilines is 1. The van der Waals surface area contributed by atoms with E-state index in [1.807, 2.05) is 0 Å². The van der Waals surface area contributed by atoms with Crippen molar-refractivity contribution in [3.8, 4) is 0 Å². The number of imidazole rings is 1. The van der Waals surface area contributed by atoms with Gasteiger partial charge in [-0.05, 0) is 51.2 Å². The second-order valence-corrected chi connectivity index (χ2v) is 9.62. The fraction of sp³-hybridized carbons (Fsp3) is 0.542. The molecule has 1 aliphatic carbocycles. The normalized spacial score (nSPS) is 25.0. The molecule has 1 aromatic heterocycles. The van der Waals surface area contributed by atoms with Crippen LogP contribution in [0.4, 0.5) is 5.69 Å². The molecule has 2 heterocycles. The number of carbonyl (C=O) groups is 1. The monoisotopic (exact) mass is 457 g/mol. The third kappa shape index (κ3) is 4.49. The van der Waals surface area contributed by atoms with Crippen LogP contribution in [-0.2, 0) is 11.2 Å². The van der Waals surface area contributed by atoms with Gasteiger partial charge in [0.2, 0.25) is 0 Å². The molecule has 8 heteroatoms. The van der Waals surface area contributed by atoms with E-state index in [1.54, 1.807) is 6.21 Å². The lowest BCUT2D eigenvalue weighted by molar-refractivity contribution is -0.143. The predicted octanol–water partition coefficient (Wildman–Crippen LogP) is 4.81. The molecule has 0 bridgehead atoms. The minimum Gasteiger partial charge on any atom is -0.481 e. The van der Waals surface area contributed by atoms with Gasteiger partial charge in [0.15, 0.2) is 0 Å². The van der Waals surface area contributed by atoms with Gasteiger partial charge in [-0.25, -0.2) is 4.98 Å². The van der Waals surface area contributed by atoms with Crippen LogP contribution in [0.2, 0.25) is 0 Å². The first kappa shape index (κ1) is 22.6. The molecule has 1 aliphatic heterocycles. The van der Waals surface area contributed by atoms with Crippen molar-refractivity contribution in [2.24, 2.45) is 16.6 Å². The summed E-state index contributed by atoms with van der Waals surface area (Å²) in [5.41, 5.74) is 9.98. The van der Waals surface area contributed by atoms with Gasteiger partial charge >= 0.3 is 5.97 Å². The Labute approximate surface area is 193 Å². The van der Waals surface area contributed by atoms with Crippen LogP contribution < -0.4 is 11.1 Å². The number of rotatable bonds is 6. The molecule has 1 fully saturated rings. The molecular weight excluding hydrogens is 426 g/mol. The molecule has 4 atom stereocenters. The zero-order valence-electron chi connectivity index (χ0n) is 18.7. The fourth-order valence-corrected chi connectivity index (χ4v) is 5.17. The highest BCUT2D eigenvalue weighted by atomic mass is 35.5. The van der Waals surface area contributed by atoms with Gasteiger partial charge in [-0.1, -0.05) is 24.9 Å². The Morgan fingerprint density at radius 1 is 1.44 bits per heavy atom. The van der Waals surface area contributed by atoms with Gasteiger partial charge < -0.3 is 20.7 Å². The van der Waals surface area contributed by atoms with E-state index in [9.17, 15) is 9.90 Å². The number of hydrogen-bond donors (Lipinski definition) is 3. The number of aromatic nitrogens is 2. The average Bonchev–Trinajstić information content (AvgIpc) is 3.18. The zero-order chi connectivity index (χ0) is 22.8. The number of carboxylic acid groups (broad SMARTS) is 1. The molecule has 0 saturated heterocycles. The molecule has 32 heavy (non-hydrogen) atoms. The lowest BCUT2D eigenvalue weighted by atomic mass is 9.85. The van der Waals surface area contributed by atoms with Gasteiger partial charge in [-0.2, -0.15) is 0 Å². The molecule has 172 valence electrons. The number of nitrogens with zero attached hydrogens (tertiary/aromatic N) is 3. The topological polar surface area (TPSA) is 106 Å². The number of fused-ring (bicyclic) bond motifs is 3. The molecule has 2 aromatic rings. The number of allylic oxidation sites excluding steroid dienone is 1. The third-order valence-electron chi connectivity index (χ3n) is 6.78. The highest BCUT2D eigenvalue weighted by Gasteiger charge is 2.32. The molecular formula is C24H32ClN5O2. The second-order valence-electron chi connectivity index (χ2n) is 9.19. The van der Waals surface area contributed by atoms with Gasteiger partial charge in [0.25, 0.3) is 0 Å². The van der Waals surface area contributed by atoms with E-state index in [2.05, 4.69) is 40.9 Å². The van der Waals surface area contributed by atoms with Crippen molar-refractivity contribution in [3.63, 3.8) is 0 Å². The Morgan fingerprint density at radius 2 is 2.25 bits per heavy atom. The molecule has 1 saturated carbocycles. The van der Waals surface area contributed by atoms with Crippen molar-refractivity contribution in [2.45, 2.75) is 70.4 Å².